The first-order chi connectivity index (χ1) is 17.1. The smallest absolute Gasteiger partial charge is 0.178 e. The van der Waals surface area contributed by atoms with Gasteiger partial charge in [-0.25, -0.2) is 14.4 Å². The SMILES string of the molecule is CCNCc1cncc(-c2cc(F)c3n[nH]c(-c4nc5nccc(-c6ccc(F)s6)c5[nH]4)c3c2)c1. The van der Waals surface area contributed by atoms with Crippen molar-refractivity contribution in [1.82, 2.24) is 35.5 Å². The van der Waals surface area contributed by atoms with Crippen molar-refractivity contribution in [2.24, 2.45) is 0 Å². The lowest BCUT2D eigenvalue weighted by Crippen LogP contribution is -2.11. The molecule has 35 heavy (non-hydrogen) atoms. The van der Waals surface area contributed by atoms with E-state index in [9.17, 15) is 4.39 Å². The van der Waals surface area contributed by atoms with E-state index in [0.717, 1.165) is 39.4 Å². The van der Waals surface area contributed by atoms with E-state index in [2.05, 4.69) is 35.5 Å². The second-order valence-electron chi connectivity index (χ2n) is 8.06. The van der Waals surface area contributed by atoms with E-state index in [0.29, 0.717) is 40.2 Å². The van der Waals surface area contributed by atoms with Gasteiger partial charge in [0.2, 0.25) is 0 Å². The van der Waals surface area contributed by atoms with Gasteiger partial charge in [-0.2, -0.15) is 9.49 Å². The fourth-order valence-electron chi connectivity index (χ4n) is 4.13. The zero-order valence-corrected chi connectivity index (χ0v) is 19.4. The molecule has 0 spiro atoms. The number of rotatable bonds is 6. The van der Waals surface area contributed by atoms with Crippen LogP contribution in [0, 0.1) is 10.9 Å². The predicted molar refractivity (Wildman–Crippen MR) is 133 cm³/mol. The summed E-state index contributed by atoms with van der Waals surface area (Å²) in [4.78, 5) is 17.3. The maximum atomic E-state index is 15.1. The molecule has 0 saturated carbocycles. The van der Waals surface area contributed by atoms with Crippen molar-refractivity contribution < 1.29 is 8.78 Å². The largest absolute Gasteiger partial charge is 0.335 e. The zero-order chi connectivity index (χ0) is 23.9. The molecule has 7 nitrogen and oxygen atoms in total. The summed E-state index contributed by atoms with van der Waals surface area (Å²) in [7, 11) is 0. The lowest BCUT2D eigenvalue weighted by molar-refractivity contribution is 0.636. The van der Waals surface area contributed by atoms with Gasteiger partial charge in [0.05, 0.1) is 5.52 Å². The summed E-state index contributed by atoms with van der Waals surface area (Å²) in [5.41, 5.74) is 5.21. The fourth-order valence-corrected chi connectivity index (χ4v) is 4.89. The number of thiophene rings is 1. The first-order valence-corrected chi connectivity index (χ1v) is 11.9. The first-order valence-electron chi connectivity index (χ1n) is 11.0. The number of nitrogens with zero attached hydrogens (tertiary/aromatic N) is 4. The number of hydrogen-bond donors (Lipinski definition) is 3. The minimum Gasteiger partial charge on any atom is -0.335 e. The topological polar surface area (TPSA) is 95.2 Å². The molecule has 5 heterocycles. The molecule has 174 valence electrons. The Bertz CT molecular complexity index is 1680. The van der Waals surface area contributed by atoms with Gasteiger partial charge in [-0.1, -0.05) is 6.92 Å². The monoisotopic (exact) mass is 487 g/mol. The van der Waals surface area contributed by atoms with E-state index in [1.807, 2.05) is 25.1 Å². The molecule has 6 rings (SSSR count). The van der Waals surface area contributed by atoms with Gasteiger partial charge >= 0.3 is 0 Å². The van der Waals surface area contributed by atoms with Crippen LogP contribution in [0.1, 0.15) is 12.5 Å². The quantitative estimate of drug-likeness (QED) is 0.281. The third-order valence-electron chi connectivity index (χ3n) is 5.79. The molecule has 0 atom stereocenters. The first kappa shape index (κ1) is 21.5. The van der Waals surface area contributed by atoms with E-state index in [1.165, 1.54) is 12.1 Å². The number of H-pyrrole nitrogens is 2. The van der Waals surface area contributed by atoms with Crippen LogP contribution in [0.2, 0.25) is 0 Å². The highest BCUT2D eigenvalue weighted by atomic mass is 32.1. The third kappa shape index (κ3) is 3.86. The molecule has 1 aromatic carbocycles. The van der Waals surface area contributed by atoms with E-state index < -0.39 is 5.82 Å². The van der Waals surface area contributed by atoms with Crippen LogP contribution in [-0.2, 0) is 6.54 Å². The van der Waals surface area contributed by atoms with E-state index in [4.69, 9.17) is 0 Å². The van der Waals surface area contributed by atoms with Crippen LogP contribution in [0.4, 0.5) is 8.78 Å². The summed E-state index contributed by atoms with van der Waals surface area (Å²) in [6.45, 7) is 3.57. The van der Waals surface area contributed by atoms with Crippen LogP contribution < -0.4 is 5.32 Å². The normalized spacial score (nSPS) is 11.6. The van der Waals surface area contributed by atoms with E-state index >= 15 is 4.39 Å². The summed E-state index contributed by atoms with van der Waals surface area (Å²) in [5.74, 6) is 0.0242. The number of fused-ring (bicyclic) bond motifs is 2. The second-order valence-corrected chi connectivity index (χ2v) is 9.10. The Balaban J connectivity index is 1.47. The molecule has 6 aromatic rings. The zero-order valence-electron chi connectivity index (χ0n) is 18.6. The average Bonchev–Trinajstić information content (AvgIpc) is 3.60. The summed E-state index contributed by atoms with van der Waals surface area (Å²) < 4.78 is 28.7. The molecule has 0 fully saturated rings. The summed E-state index contributed by atoms with van der Waals surface area (Å²) in [6.07, 6.45) is 5.15. The molecule has 10 heteroatoms. The molecule has 5 aromatic heterocycles. The Hall–Kier alpha value is -4.02. The molecule has 0 amide bonds. The van der Waals surface area contributed by atoms with Crippen LogP contribution in [0.5, 0.6) is 0 Å². The van der Waals surface area contributed by atoms with Crippen molar-refractivity contribution in [1.29, 1.82) is 0 Å². The van der Waals surface area contributed by atoms with Crippen molar-refractivity contribution in [3.8, 4) is 33.1 Å². The maximum Gasteiger partial charge on any atom is 0.178 e. The predicted octanol–water partition coefficient (Wildman–Crippen LogP) is 5.68. The van der Waals surface area contributed by atoms with Crippen molar-refractivity contribution in [3.05, 3.63) is 71.5 Å². The van der Waals surface area contributed by atoms with Gasteiger partial charge in [-0.3, -0.25) is 10.1 Å². The Morgan fingerprint density at radius 1 is 1.06 bits per heavy atom. The number of aromatic nitrogens is 6. The number of benzene rings is 1. The lowest BCUT2D eigenvalue weighted by Gasteiger charge is -2.06. The molecule has 0 radical (unpaired) electrons. The molecule has 0 aliphatic carbocycles. The van der Waals surface area contributed by atoms with Gasteiger partial charge in [-0.05, 0) is 54.1 Å². The van der Waals surface area contributed by atoms with E-state index in [1.54, 1.807) is 24.7 Å². The van der Waals surface area contributed by atoms with E-state index in [-0.39, 0.29) is 10.6 Å². The summed E-state index contributed by atoms with van der Waals surface area (Å²) in [5, 5.41) is 10.7. The van der Waals surface area contributed by atoms with Gasteiger partial charge < -0.3 is 10.3 Å². The Labute approximate surface area is 202 Å². The van der Waals surface area contributed by atoms with Crippen molar-refractivity contribution in [2.75, 3.05) is 6.54 Å². The Kier molecular flexibility index (Phi) is 5.31. The van der Waals surface area contributed by atoms with Crippen LogP contribution in [-0.4, -0.2) is 36.7 Å². The van der Waals surface area contributed by atoms with Crippen molar-refractivity contribution in [3.63, 3.8) is 0 Å². The Morgan fingerprint density at radius 3 is 2.80 bits per heavy atom. The van der Waals surface area contributed by atoms with Gasteiger partial charge in [0, 0.05) is 46.5 Å². The van der Waals surface area contributed by atoms with Crippen LogP contribution in [0.3, 0.4) is 0 Å². The third-order valence-corrected chi connectivity index (χ3v) is 6.69. The number of pyridine rings is 2. The molecular weight excluding hydrogens is 468 g/mol. The molecule has 0 aliphatic rings. The van der Waals surface area contributed by atoms with Gasteiger partial charge in [0.25, 0.3) is 0 Å². The number of halogens is 2. The van der Waals surface area contributed by atoms with Gasteiger partial charge in [-0.15, -0.1) is 11.3 Å². The van der Waals surface area contributed by atoms with Gasteiger partial charge in [0.1, 0.15) is 11.2 Å². The molecular formula is C25H19F2N7S. The minimum atomic E-state index is -0.443. The number of aromatic amines is 2. The van der Waals surface area contributed by atoms with Crippen molar-refractivity contribution in [2.45, 2.75) is 13.5 Å². The highest BCUT2D eigenvalue weighted by Crippen LogP contribution is 2.35. The summed E-state index contributed by atoms with van der Waals surface area (Å²) in [6, 6.07) is 10.3. The highest BCUT2D eigenvalue weighted by Gasteiger charge is 2.19. The van der Waals surface area contributed by atoms with Crippen molar-refractivity contribution >= 4 is 33.4 Å². The number of hydrogen-bond acceptors (Lipinski definition) is 6. The Morgan fingerprint density at radius 2 is 1.97 bits per heavy atom. The molecule has 3 N–H and O–H groups in total. The number of nitrogens with one attached hydrogen (secondary N) is 3. The molecule has 0 saturated heterocycles. The molecule has 0 bridgehead atoms. The number of imidazole rings is 1. The molecule has 0 unspecified atom stereocenters. The second kappa shape index (κ2) is 8.64. The highest BCUT2D eigenvalue weighted by molar-refractivity contribution is 7.14. The summed E-state index contributed by atoms with van der Waals surface area (Å²) >= 11 is 1.05. The molecule has 0 aliphatic heterocycles. The van der Waals surface area contributed by atoms with Crippen LogP contribution in [0.25, 0.3) is 55.2 Å². The van der Waals surface area contributed by atoms with Crippen LogP contribution in [0.15, 0.2) is 55.0 Å². The maximum absolute atomic E-state index is 15.1. The van der Waals surface area contributed by atoms with Gasteiger partial charge in [0.15, 0.2) is 22.4 Å². The average molecular weight is 488 g/mol. The fraction of sp³-hybridized carbons (Fsp3) is 0.120. The lowest BCUT2D eigenvalue weighted by atomic mass is 10.0. The van der Waals surface area contributed by atoms with Crippen LogP contribution >= 0.6 is 11.3 Å². The standard InChI is InChI=1S/C25H19F2N7S/c1-2-28-10-13-7-15(12-29-11-13)14-8-17-21(18(26)9-14)33-34-23(17)25-31-22-16(5-6-30-24(22)32-25)19-3-4-20(27)35-19/h3-9,11-12,28H,2,10H2,1H3,(H,33,34)(H,30,31,32). The minimum absolute atomic E-state index is 0.217.